The van der Waals surface area contributed by atoms with Gasteiger partial charge in [-0.15, -0.1) is 0 Å². The van der Waals surface area contributed by atoms with Crippen LogP contribution in [-0.2, 0) is 11.2 Å². The maximum Gasteiger partial charge on any atom is 0.118 e. The Bertz CT molecular complexity index is 598. The van der Waals surface area contributed by atoms with Crippen LogP contribution in [0.4, 0.5) is 0 Å². The summed E-state index contributed by atoms with van der Waals surface area (Å²) in [4.78, 5) is 0. The lowest BCUT2D eigenvalue weighted by molar-refractivity contribution is 0.239. The fourth-order valence-electron chi connectivity index (χ4n) is 2.22. The average Bonchev–Trinajstić information content (AvgIpc) is 2.59. The van der Waals surface area contributed by atoms with Gasteiger partial charge in [-0.25, -0.2) is 0 Å². The average molecular weight is 298 g/mol. The fourth-order valence-corrected chi connectivity index (χ4v) is 2.22. The first-order chi connectivity index (χ1) is 10.8. The minimum Gasteiger partial charge on any atom is -0.497 e. The van der Waals surface area contributed by atoms with Crippen molar-refractivity contribution >= 4 is 5.57 Å². The molecule has 0 bridgehead atoms. The maximum absolute atomic E-state index is 5.32. The Morgan fingerprint density at radius 1 is 0.818 bits per heavy atom. The summed E-state index contributed by atoms with van der Waals surface area (Å²) < 4.78 is 15.7. The molecule has 0 N–H and O–H groups in total. The third kappa shape index (κ3) is 4.37. The standard InChI is InChI=1S/C19H22O3/c1-20-14-17(16-8-12-19(22-3)13-9-16)7-4-15-5-10-18(21-2)11-6-15/h5-13H,4,14H2,1-3H3/b17-7-. The van der Waals surface area contributed by atoms with Crippen molar-refractivity contribution in [3.8, 4) is 11.5 Å². The van der Waals surface area contributed by atoms with Crippen LogP contribution < -0.4 is 9.47 Å². The number of benzene rings is 2. The van der Waals surface area contributed by atoms with E-state index in [0.717, 1.165) is 23.5 Å². The van der Waals surface area contributed by atoms with E-state index < -0.39 is 0 Å². The van der Waals surface area contributed by atoms with E-state index >= 15 is 0 Å². The summed E-state index contributed by atoms with van der Waals surface area (Å²) in [5.41, 5.74) is 3.56. The van der Waals surface area contributed by atoms with E-state index in [1.807, 2.05) is 24.3 Å². The highest BCUT2D eigenvalue weighted by molar-refractivity contribution is 5.67. The van der Waals surface area contributed by atoms with Gasteiger partial charge in [0.1, 0.15) is 11.5 Å². The predicted octanol–water partition coefficient (Wildman–Crippen LogP) is 3.98. The van der Waals surface area contributed by atoms with E-state index in [4.69, 9.17) is 14.2 Å². The molecule has 0 saturated carbocycles. The molecule has 22 heavy (non-hydrogen) atoms. The van der Waals surface area contributed by atoms with Gasteiger partial charge in [0.05, 0.1) is 20.8 Å². The quantitative estimate of drug-likeness (QED) is 0.774. The summed E-state index contributed by atoms with van der Waals surface area (Å²) in [6.45, 7) is 0.586. The van der Waals surface area contributed by atoms with Crippen LogP contribution in [-0.4, -0.2) is 27.9 Å². The Balaban J connectivity index is 2.14. The van der Waals surface area contributed by atoms with E-state index in [-0.39, 0.29) is 0 Å². The molecule has 0 amide bonds. The molecule has 0 fully saturated rings. The Morgan fingerprint density at radius 3 is 1.86 bits per heavy atom. The molecule has 0 aliphatic carbocycles. The van der Waals surface area contributed by atoms with Gasteiger partial charge in [-0.1, -0.05) is 30.3 Å². The van der Waals surface area contributed by atoms with Gasteiger partial charge >= 0.3 is 0 Å². The highest BCUT2D eigenvalue weighted by Crippen LogP contribution is 2.20. The molecule has 116 valence electrons. The van der Waals surface area contributed by atoms with Crippen molar-refractivity contribution in [1.82, 2.24) is 0 Å². The first-order valence-corrected chi connectivity index (χ1v) is 7.22. The largest absolute Gasteiger partial charge is 0.497 e. The second kappa shape index (κ2) is 8.25. The van der Waals surface area contributed by atoms with Crippen LogP contribution >= 0.6 is 0 Å². The van der Waals surface area contributed by atoms with Crippen LogP contribution in [0.2, 0.25) is 0 Å². The molecule has 0 spiro atoms. The Labute approximate surface area is 132 Å². The van der Waals surface area contributed by atoms with Crippen LogP contribution in [0.1, 0.15) is 11.1 Å². The lowest BCUT2D eigenvalue weighted by atomic mass is 10.0. The van der Waals surface area contributed by atoms with Crippen molar-refractivity contribution in [2.75, 3.05) is 27.9 Å². The molecule has 0 saturated heterocycles. The van der Waals surface area contributed by atoms with Crippen molar-refractivity contribution in [1.29, 1.82) is 0 Å². The van der Waals surface area contributed by atoms with Crippen molar-refractivity contribution in [2.24, 2.45) is 0 Å². The van der Waals surface area contributed by atoms with E-state index in [0.29, 0.717) is 6.61 Å². The molecule has 2 aromatic rings. The zero-order valence-corrected chi connectivity index (χ0v) is 13.3. The van der Waals surface area contributed by atoms with Gasteiger partial charge in [-0.3, -0.25) is 0 Å². The topological polar surface area (TPSA) is 27.7 Å². The lowest BCUT2D eigenvalue weighted by Crippen LogP contribution is -1.96. The van der Waals surface area contributed by atoms with Gasteiger partial charge in [0.15, 0.2) is 0 Å². The Kier molecular flexibility index (Phi) is 6.04. The SMILES string of the molecule is COC/C(=C/Cc1ccc(OC)cc1)c1ccc(OC)cc1. The second-order valence-electron chi connectivity index (χ2n) is 4.94. The third-order valence-corrected chi connectivity index (χ3v) is 3.50. The van der Waals surface area contributed by atoms with Crippen LogP contribution in [0.3, 0.4) is 0 Å². The molecule has 0 aromatic heterocycles. The van der Waals surface area contributed by atoms with Crippen LogP contribution in [0, 0.1) is 0 Å². The van der Waals surface area contributed by atoms with Gasteiger partial charge in [0, 0.05) is 7.11 Å². The van der Waals surface area contributed by atoms with Crippen LogP contribution in [0.25, 0.3) is 5.57 Å². The monoisotopic (exact) mass is 298 g/mol. The predicted molar refractivity (Wildman–Crippen MR) is 89.5 cm³/mol. The zero-order chi connectivity index (χ0) is 15.8. The van der Waals surface area contributed by atoms with Gasteiger partial charge in [-0.2, -0.15) is 0 Å². The molecule has 0 aliphatic rings. The number of allylic oxidation sites excluding steroid dienone is 1. The lowest BCUT2D eigenvalue weighted by Gasteiger charge is -2.09. The number of rotatable bonds is 7. The maximum atomic E-state index is 5.32. The molecular weight excluding hydrogens is 276 g/mol. The Morgan fingerprint density at radius 2 is 1.36 bits per heavy atom. The normalized spacial score (nSPS) is 11.3. The Hall–Kier alpha value is -2.26. The molecule has 0 radical (unpaired) electrons. The fraction of sp³-hybridized carbons (Fsp3) is 0.263. The number of hydrogen-bond acceptors (Lipinski definition) is 3. The minimum atomic E-state index is 0.586. The van der Waals surface area contributed by atoms with Crippen LogP contribution in [0.5, 0.6) is 11.5 Å². The summed E-state index contributed by atoms with van der Waals surface area (Å²) in [5, 5.41) is 0. The minimum absolute atomic E-state index is 0.586. The molecular formula is C19H22O3. The van der Waals surface area contributed by atoms with E-state index in [2.05, 4.69) is 30.3 Å². The molecule has 0 unspecified atom stereocenters. The number of methoxy groups -OCH3 is 3. The molecule has 3 nitrogen and oxygen atoms in total. The summed E-state index contributed by atoms with van der Waals surface area (Å²) in [7, 11) is 5.06. The summed E-state index contributed by atoms with van der Waals surface area (Å²) in [6, 6.07) is 16.1. The first-order valence-electron chi connectivity index (χ1n) is 7.22. The zero-order valence-electron chi connectivity index (χ0n) is 13.3. The van der Waals surface area contributed by atoms with Crippen molar-refractivity contribution in [3.05, 3.63) is 65.7 Å². The molecule has 0 aliphatic heterocycles. The summed E-state index contributed by atoms with van der Waals surface area (Å²) in [5.74, 6) is 1.73. The third-order valence-electron chi connectivity index (χ3n) is 3.50. The summed E-state index contributed by atoms with van der Waals surface area (Å²) in [6.07, 6.45) is 3.06. The van der Waals surface area contributed by atoms with E-state index in [1.165, 1.54) is 11.1 Å². The van der Waals surface area contributed by atoms with Crippen molar-refractivity contribution in [2.45, 2.75) is 6.42 Å². The smallest absolute Gasteiger partial charge is 0.118 e. The summed E-state index contributed by atoms with van der Waals surface area (Å²) >= 11 is 0. The van der Waals surface area contributed by atoms with E-state index in [9.17, 15) is 0 Å². The molecule has 2 aromatic carbocycles. The van der Waals surface area contributed by atoms with Crippen molar-refractivity contribution < 1.29 is 14.2 Å². The number of hydrogen-bond donors (Lipinski definition) is 0. The highest BCUT2D eigenvalue weighted by Gasteiger charge is 2.02. The van der Waals surface area contributed by atoms with Gasteiger partial charge < -0.3 is 14.2 Å². The molecule has 0 heterocycles. The first kappa shape index (κ1) is 16.1. The number of ether oxygens (including phenoxy) is 3. The highest BCUT2D eigenvalue weighted by atomic mass is 16.5. The van der Waals surface area contributed by atoms with Crippen LogP contribution in [0.15, 0.2) is 54.6 Å². The molecule has 0 atom stereocenters. The molecule has 2 rings (SSSR count). The van der Waals surface area contributed by atoms with E-state index in [1.54, 1.807) is 21.3 Å². The van der Waals surface area contributed by atoms with Crippen molar-refractivity contribution in [3.63, 3.8) is 0 Å². The van der Waals surface area contributed by atoms with Gasteiger partial charge in [0.25, 0.3) is 0 Å². The second-order valence-corrected chi connectivity index (χ2v) is 4.94. The van der Waals surface area contributed by atoms with Gasteiger partial charge in [0.2, 0.25) is 0 Å². The molecule has 3 heteroatoms. The van der Waals surface area contributed by atoms with Gasteiger partial charge in [-0.05, 0) is 47.4 Å².